The van der Waals surface area contributed by atoms with Gasteiger partial charge >= 0.3 is 0 Å². The van der Waals surface area contributed by atoms with Crippen LogP contribution in [-0.4, -0.2) is 13.0 Å². The van der Waals surface area contributed by atoms with E-state index in [9.17, 15) is 4.79 Å². The van der Waals surface area contributed by atoms with E-state index in [0.717, 1.165) is 27.6 Å². The molecule has 0 saturated carbocycles. The van der Waals surface area contributed by atoms with Crippen LogP contribution >= 0.6 is 0 Å². The minimum atomic E-state index is -0.210. The number of ether oxygens (including phenoxy) is 1. The first-order valence-electron chi connectivity index (χ1n) is 8.51. The van der Waals surface area contributed by atoms with Crippen LogP contribution in [0.5, 0.6) is 5.75 Å². The smallest absolute Gasteiger partial charge is 0.227 e. The van der Waals surface area contributed by atoms with Crippen LogP contribution in [0.2, 0.25) is 0 Å². The van der Waals surface area contributed by atoms with Gasteiger partial charge in [-0.1, -0.05) is 54.6 Å². The molecule has 0 unspecified atom stereocenters. The largest absolute Gasteiger partial charge is 0.497 e. The maximum Gasteiger partial charge on any atom is 0.227 e. The summed E-state index contributed by atoms with van der Waals surface area (Å²) in [7, 11) is 1.66. The van der Waals surface area contributed by atoms with E-state index in [4.69, 9.17) is 4.74 Å². The zero-order valence-corrected chi connectivity index (χ0v) is 14.8. The van der Waals surface area contributed by atoms with Crippen molar-refractivity contribution in [3.8, 4) is 5.75 Å². The van der Waals surface area contributed by atoms with Crippen LogP contribution in [0.1, 0.15) is 36.9 Å². The molecule has 3 nitrogen and oxygen atoms in total. The predicted molar refractivity (Wildman–Crippen MR) is 102 cm³/mol. The molecule has 0 aliphatic carbocycles. The maximum absolute atomic E-state index is 12.6. The highest BCUT2D eigenvalue weighted by Crippen LogP contribution is 2.25. The summed E-state index contributed by atoms with van der Waals surface area (Å²) in [6, 6.07) is 22.1. The number of carbonyl (C=O) groups excluding carboxylic acids is 1. The normalized spacial score (nSPS) is 13.2. The Morgan fingerprint density at radius 1 is 0.880 bits per heavy atom. The molecule has 3 heteroatoms. The molecular formula is C22H23NO2. The van der Waals surface area contributed by atoms with Gasteiger partial charge in [0.2, 0.25) is 5.91 Å². The molecule has 0 fully saturated rings. The van der Waals surface area contributed by atoms with Crippen molar-refractivity contribution in [3.05, 3.63) is 77.9 Å². The van der Waals surface area contributed by atoms with E-state index in [1.165, 1.54) is 0 Å². The quantitative estimate of drug-likeness (QED) is 0.726. The molecule has 25 heavy (non-hydrogen) atoms. The molecule has 0 aliphatic heterocycles. The molecule has 3 aromatic carbocycles. The Kier molecular flexibility index (Phi) is 5.03. The van der Waals surface area contributed by atoms with Gasteiger partial charge in [-0.25, -0.2) is 0 Å². The minimum Gasteiger partial charge on any atom is -0.497 e. The second-order valence-corrected chi connectivity index (χ2v) is 6.34. The zero-order valence-electron chi connectivity index (χ0n) is 14.8. The van der Waals surface area contributed by atoms with Crippen molar-refractivity contribution in [1.29, 1.82) is 0 Å². The van der Waals surface area contributed by atoms with Crippen LogP contribution in [0, 0.1) is 0 Å². The molecule has 128 valence electrons. The van der Waals surface area contributed by atoms with Crippen molar-refractivity contribution in [2.75, 3.05) is 7.11 Å². The summed E-state index contributed by atoms with van der Waals surface area (Å²) in [5.74, 6) is 0.657. The van der Waals surface area contributed by atoms with Gasteiger partial charge < -0.3 is 10.1 Å². The van der Waals surface area contributed by atoms with Crippen molar-refractivity contribution in [3.63, 3.8) is 0 Å². The number of hydrogen-bond donors (Lipinski definition) is 1. The van der Waals surface area contributed by atoms with Gasteiger partial charge in [0, 0.05) is 0 Å². The average Bonchev–Trinajstić information content (AvgIpc) is 2.67. The van der Waals surface area contributed by atoms with Gasteiger partial charge in [-0.3, -0.25) is 4.79 Å². The lowest BCUT2D eigenvalue weighted by molar-refractivity contribution is -0.122. The number of hydrogen-bond acceptors (Lipinski definition) is 2. The molecule has 0 spiro atoms. The molecule has 1 N–H and O–H groups in total. The van der Waals surface area contributed by atoms with E-state index in [-0.39, 0.29) is 17.9 Å². The molecule has 0 bridgehead atoms. The maximum atomic E-state index is 12.6. The van der Waals surface area contributed by atoms with Crippen molar-refractivity contribution in [2.24, 2.45) is 0 Å². The molecule has 0 saturated heterocycles. The minimum absolute atomic E-state index is 0.0131. The van der Waals surface area contributed by atoms with Crippen LogP contribution in [0.15, 0.2) is 66.7 Å². The summed E-state index contributed by atoms with van der Waals surface area (Å²) in [4.78, 5) is 12.6. The summed E-state index contributed by atoms with van der Waals surface area (Å²) in [5.41, 5.74) is 2.11. The van der Waals surface area contributed by atoms with Crippen molar-refractivity contribution in [2.45, 2.75) is 25.8 Å². The highest BCUT2D eigenvalue weighted by Gasteiger charge is 2.18. The topological polar surface area (TPSA) is 38.3 Å². The van der Waals surface area contributed by atoms with E-state index in [2.05, 4.69) is 11.4 Å². The lowest BCUT2D eigenvalue weighted by atomic mass is 9.96. The molecule has 0 aromatic heterocycles. The highest BCUT2D eigenvalue weighted by molar-refractivity contribution is 5.88. The van der Waals surface area contributed by atoms with Crippen molar-refractivity contribution < 1.29 is 9.53 Å². The monoisotopic (exact) mass is 333 g/mol. The molecule has 0 aliphatic rings. The Morgan fingerprint density at radius 2 is 1.56 bits per heavy atom. The molecule has 2 atom stereocenters. The Morgan fingerprint density at radius 3 is 2.28 bits per heavy atom. The van der Waals surface area contributed by atoms with Gasteiger partial charge in [-0.05, 0) is 47.9 Å². The number of amides is 1. The number of methoxy groups -OCH3 is 1. The average molecular weight is 333 g/mol. The first-order chi connectivity index (χ1) is 12.1. The third-order valence-corrected chi connectivity index (χ3v) is 4.62. The summed E-state index contributed by atoms with van der Waals surface area (Å²) in [6.07, 6.45) is 0. The second-order valence-electron chi connectivity index (χ2n) is 6.34. The standard InChI is InChI=1S/C22H23NO2/c1-15(22(24)23-16(2)17-7-5-4-6-8-17)18-9-10-20-14-21(25-3)12-11-19(20)13-18/h4-16H,1-3H3,(H,23,24)/t15-,16-/m1/s1. The first kappa shape index (κ1) is 17.0. The van der Waals surface area contributed by atoms with Crippen LogP contribution in [0.25, 0.3) is 10.8 Å². The van der Waals surface area contributed by atoms with E-state index >= 15 is 0 Å². The molecule has 0 heterocycles. The van der Waals surface area contributed by atoms with Crippen LogP contribution in [-0.2, 0) is 4.79 Å². The van der Waals surface area contributed by atoms with Crippen molar-refractivity contribution >= 4 is 16.7 Å². The third kappa shape index (κ3) is 3.82. The lowest BCUT2D eigenvalue weighted by Crippen LogP contribution is -2.30. The van der Waals surface area contributed by atoms with Crippen LogP contribution in [0.3, 0.4) is 0 Å². The third-order valence-electron chi connectivity index (χ3n) is 4.62. The number of fused-ring (bicyclic) bond motifs is 1. The van der Waals surface area contributed by atoms with E-state index in [0.29, 0.717) is 0 Å². The van der Waals surface area contributed by atoms with Gasteiger partial charge in [0.05, 0.1) is 19.1 Å². The van der Waals surface area contributed by atoms with Gasteiger partial charge in [0.1, 0.15) is 5.75 Å². The fourth-order valence-corrected chi connectivity index (χ4v) is 2.95. The summed E-state index contributed by atoms with van der Waals surface area (Å²) < 4.78 is 5.26. The van der Waals surface area contributed by atoms with E-state index in [1.807, 2.05) is 74.5 Å². The van der Waals surface area contributed by atoms with Crippen LogP contribution < -0.4 is 10.1 Å². The van der Waals surface area contributed by atoms with Gasteiger partial charge in [0.15, 0.2) is 0 Å². The number of nitrogens with one attached hydrogen (secondary N) is 1. The molecule has 0 radical (unpaired) electrons. The van der Waals surface area contributed by atoms with Gasteiger partial charge in [-0.15, -0.1) is 0 Å². The second kappa shape index (κ2) is 7.39. The fourth-order valence-electron chi connectivity index (χ4n) is 2.95. The lowest BCUT2D eigenvalue weighted by Gasteiger charge is -2.18. The van der Waals surface area contributed by atoms with Gasteiger partial charge in [0.25, 0.3) is 0 Å². The predicted octanol–water partition coefficient (Wildman–Crippen LogP) is 4.83. The molecule has 3 rings (SSSR count). The Bertz CT molecular complexity index is 874. The SMILES string of the molecule is COc1ccc2cc([C@@H](C)C(=O)N[C@H](C)c3ccccc3)ccc2c1. The number of rotatable bonds is 5. The summed E-state index contributed by atoms with van der Waals surface area (Å²) >= 11 is 0. The Balaban J connectivity index is 1.76. The fraction of sp³-hybridized carbons (Fsp3) is 0.227. The summed E-state index contributed by atoms with van der Waals surface area (Å²) in [5, 5.41) is 5.31. The first-order valence-corrected chi connectivity index (χ1v) is 8.51. The summed E-state index contributed by atoms with van der Waals surface area (Å²) in [6.45, 7) is 3.95. The number of benzene rings is 3. The zero-order chi connectivity index (χ0) is 17.8. The molecule has 1 amide bonds. The van der Waals surface area contributed by atoms with E-state index in [1.54, 1.807) is 7.11 Å². The number of carbonyl (C=O) groups is 1. The molecule has 3 aromatic rings. The molecular weight excluding hydrogens is 310 g/mol. The Labute approximate surface area is 148 Å². The van der Waals surface area contributed by atoms with Crippen LogP contribution in [0.4, 0.5) is 0 Å². The van der Waals surface area contributed by atoms with Crippen molar-refractivity contribution in [1.82, 2.24) is 5.32 Å². The van der Waals surface area contributed by atoms with Gasteiger partial charge in [-0.2, -0.15) is 0 Å². The highest BCUT2D eigenvalue weighted by atomic mass is 16.5. The van der Waals surface area contributed by atoms with E-state index < -0.39 is 0 Å². The Hall–Kier alpha value is -2.81.